The van der Waals surface area contributed by atoms with Gasteiger partial charge in [0.2, 0.25) is 0 Å². The third-order valence-corrected chi connectivity index (χ3v) is 5.32. The monoisotopic (exact) mass is 312 g/mol. The Morgan fingerprint density at radius 3 is 1.36 bits per heavy atom. The van der Waals surface area contributed by atoms with Gasteiger partial charge < -0.3 is 11.5 Å². The second-order valence-electron chi connectivity index (χ2n) is 8.18. The summed E-state index contributed by atoms with van der Waals surface area (Å²) in [6.07, 6.45) is 6.30. The molecule has 0 rings (SSSR count). The van der Waals surface area contributed by atoms with Crippen molar-refractivity contribution in [2.24, 2.45) is 34.1 Å². The number of rotatable bonds is 12. The molecule has 22 heavy (non-hydrogen) atoms. The fourth-order valence-corrected chi connectivity index (χ4v) is 3.18. The van der Waals surface area contributed by atoms with E-state index in [1.807, 2.05) is 0 Å². The number of ketones is 1. The van der Waals surface area contributed by atoms with E-state index in [0.717, 1.165) is 38.5 Å². The van der Waals surface area contributed by atoms with E-state index < -0.39 is 0 Å². The molecule has 0 radical (unpaired) electrons. The highest BCUT2D eigenvalue weighted by Gasteiger charge is 2.41. The van der Waals surface area contributed by atoms with Crippen LogP contribution in [0.4, 0.5) is 0 Å². The van der Waals surface area contributed by atoms with Crippen molar-refractivity contribution >= 4 is 5.78 Å². The second-order valence-corrected chi connectivity index (χ2v) is 8.18. The summed E-state index contributed by atoms with van der Waals surface area (Å²) in [4.78, 5) is 13.4. The summed E-state index contributed by atoms with van der Waals surface area (Å²) in [5, 5.41) is 0. The molecule has 0 aromatic rings. The second kappa shape index (κ2) is 9.67. The molecule has 0 aromatic heterocycles. The molecule has 132 valence electrons. The zero-order valence-electron chi connectivity index (χ0n) is 15.9. The van der Waals surface area contributed by atoms with E-state index in [-0.39, 0.29) is 22.7 Å². The van der Waals surface area contributed by atoms with Crippen LogP contribution in [0.25, 0.3) is 0 Å². The molecule has 4 N–H and O–H groups in total. The van der Waals surface area contributed by atoms with Crippen molar-refractivity contribution in [2.45, 2.75) is 80.1 Å². The SMILES string of the molecule is CCCCC(C(=O)C(CCCC)C(C)(C)CN)C(C)(C)CN. The summed E-state index contributed by atoms with van der Waals surface area (Å²) in [6.45, 7) is 14.0. The Morgan fingerprint density at radius 2 is 1.14 bits per heavy atom. The van der Waals surface area contributed by atoms with Crippen LogP contribution in [0.2, 0.25) is 0 Å². The molecule has 0 saturated heterocycles. The fourth-order valence-electron chi connectivity index (χ4n) is 3.18. The van der Waals surface area contributed by atoms with Crippen LogP contribution in [0.15, 0.2) is 0 Å². The number of hydrogen-bond acceptors (Lipinski definition) is 3. The molecular weight excluding hydrogens is 272 g/mol. The lowest BCUT2D eigenvalue weighted by molar-refractivity contribution is -0.134. The van der Waals surface area contributed by atoms with Crippen LogP contribution in [0.3, 0.4) is 0 Å². The third kappa shape index (κ3) is 6.00. The van der Waals surface area contributed by atoms with Gasteiger partial charge in [0.25, 0.3) is 0 Å². The summed E-state index contributed by atoms with van der Waals surface area (Å²) in [6, 6.07) is 0. The first-order valence-corrected chi connectivity index (χ1v) is 9.11. The largest absolute Gasteiger partial charge is 0.330 e. The lowest BCUT2D eigenvalue weighted by Gasteiger charge is -2.39. The normalized spacial score (nSPS) is 15.6. The molecule has 0 heterocycles. The van der Waals surface area contributed by atoms with E-state index in [2.05, 4.69) is 41.5 Å². The van der Waals surface area contributed by atoms with E-state index >= 15 is 0 Å². The summed E-state index contributed by atoms with van der Waals surface area (Å²) in [7, 11) is 0. The zero-order chi connectivity index (χ0) is 17.4. The standard InChI is InChI=1S/C19H40N2O/c1-7-9-11-15(18(3,4)13-20)17(22)16(12-10-8-2)19(5,6)14-21/h15-16H,7-14,20-21H2,1-6H3. The number of unbranched alkanes of at least 4 members (excludes halogenated alkanes) is 2. The van der Waals surface area contributed by atoms with Crippen LogP contribution < -0.4 is 11.5 Å². The first-order chi connectivity index (χ1) is 10.2. The molecular formula is C19H40N2O. The first-order valence-electron chi connectivity index (χ1n) is 9.11. The Labute approximate surface area is 138 Å². The quantitative estimate of drug-likeness (QED) is 0.569. The summed E-state index contributed by atoms with van der Waals surface area (Å²) in [5.41, 5.74) is 11.7. The fraction of sp³-hybridized carbons (Fsp3) is 0.947. The van der Waals surface area contributed by atoms with Crippen molar-refractivity contribution in [1.29, 1.82) is 0 Å². The molecule has 0 aliphatic heterocycles. The highest BCUT2D eigenvalue weighted by molar-refractivity contribution is 5.85. The smallest absolute Gasteiger partial charge is 0.140 e. The summed E-state index contributed by atoms with van der Waals surface area (Å²) >= 11 is 0. The molecule has 0 fully saturated rings. The van der Waals surface area contributed by atoms with Crippen LogP contribution >= 0.6 is 0 Å². The zero-order valence-corrected chi connectivity index (χ0v) is 15.9. The van der Waals surface area contributed by atoms with Gasteiger partial charge in [-0.1, -0.05) is 67.2 Å². The van der Waals surface area contributed by atoms with Crippen molar-refractivity contribution in [3.63, 3.8) is 0 Å². The van der Waals surface area contributed by atoms with E-state index in [1.165, 1.54) is 0 Å². The molecule has 0 aliphatic rings. The third-order valence-electron chi connectivity index (χ3n) is 5.32. The van der Waals surface area contributed by atoms with Gasteiger partial charge in [-0.15, -0.1) is 0 Å². The Balaban J connectivity index is 5.41. The van der Waals surface area contributed by atoms with Crippen molar-refractivity contribution in [2.75, 3.05) is 13.1 Å². The molecule has 3 nitrogen and oxygen atoms in total. The van der Waals surface area contributed by atoms with Gasteiger partial charge in [0.05, 0.1) is 0 Å². The van der Waals surface area contributed by atoms with Crippen LogP contribution in [0.5, 0.6) is 0 Å². The number of hydrogen-bond donors (Lipinski definition) is 2. The maximum Gasteiger partial charge on any atom is 0.140 e. The Hall–Kier alpha value is -0.410. The van der Waals surface area contributed by atoms with Gasteiger partial charge in [0.15, 0.2) is 0 Å². The molecule has 3 heteroatoms. The number of Topliss-reactive ketones (excluding diaryl/α,β-unsaturated/α-hetero) is 1. The van der Waals surface area contributed by atoms with Gasteiger partial charge >= 0.3 is 0 Å². The van der Waals surface area contributed by atoms with Gasteiger partial charge in [0.1, 0.15) is 5.78 Å². The average molecular weight is 313 g/mol. The lowest BCUT2D eigenvalue weighted by Crippen LogP contribution is -2.45. The maximum atomic E-state index is 13.4. The molecule has 0 spiro atoms. The van der Waals surface area contributed by atoms with Crippen LogP contribution in [0.1, 0.15) is 80.1 Å². The molecule has 0 saturated carbocycles. The van der Waals surface area contributed by atoms with Gasteiger partial charge in [-0.25, -0.2) is 0 Å². The minimum atomic E-state index is -0.138. The molecule has 2 atom stereocenters. The Bertz CT molecular complexity index is 293. The van der Waals surface area contributed by atoms with Crippen molar-refractivity contribution in [3.05, 3.63) is 0 Å². The van der Waals surface area contributed by atoms with E-state index in [1.54, 1.807) is 0 Å². The highest BCUT2D eigenvalue weighted by atomic mass is 16.1. The average Bonchev–Trinajstić information content (AvgIpc) is 2.47. The maximum absolute atomic E-state index is 13.4. The highest BCUT2D eigenvalue weighted by Crippen LogP contribution is 2.39. The van der Waals surface area contributed by atoms with Crippen molar-refractivity contribution in [1.82, 2.24) is 0 Å². The Morgan fingerprint density at radius 1 is 0.818 bits per heavy atom. The number of carbonyl (C=O) groups is 1. The molecule has 0 bridgehead atoms. The van der Waals surface area contributed by atoms with Gasteiger partial charge in [0, 0.05) is 11.8 Å². The molecule has 0 aromatic carbocycles. The van der Waals surface area contributed by atoms with E-state index in [0.29, 0.717) is 18.9 Å². The summed E-state index contributed by atoms with van der Waals surface area (Å²) in [5.74, 6) is 0.489. The summed E-state index contributed by atoms with van der Waals surface area (Å²) < 4.78 is 0. The minimum Gasteiger partial charge on any atom is -0.330 e. The van der Waals surface area contributed by atoms with Crippen LogP contribution in [-0.2, 0) is 4.79 Å². The molecule has 2 unspecified atom stereocenters. The van der Waals surface area contributed by atoms with Crippen LogP contribution in [-0.4, -0.2) is 18.9 Å². The van der Waals surface area contributed by atoms with E-state index in [9.17, 15) is 4.79 Å². The predicted molar refractivity (Wildman–Crippen MR) is 96.7 cm³/mol. The number of carbonyl (C=O) groups excluding carboxylic acids is 1. The van der Waals surface area contributed by atoms with Gasteiger partial charge in [-0.2, -0.15) is 0 Å². The number of nitrogens with two attached hydrogens (primary N) is 2. The topological polar surface area (TPSA) is 69.1 Å². The van der Waals surface area contributed by atoms with Crippen molar-refractivity contribution in [3.8, 4) is 0 Å². The van der Waals surface area contributed by atoms with Gasteiger partial charge in [-0.05, 0) is 36.8 Å². The molecule has 0 aliphatic carbocycles. The van der Waals surface area contributed by atoms with Crippen LogP contribution in [0, 0.1) is 22.7 Å². The first kappa shape index (κ1) is 21.6. The molecule has 0 amide bonds. The minimum absolute atomic E-state index is 0.0464. The van der Waals surface area contributed by atoms with Crippen molar-refractivity contribution < 1.29 is 4.79 Å². The van der Waals surface area contributed by atoms with E-state index in [4.69, 9.17) is 11.5 Å². The lowest BCUT2D eigenvalue weighted by atomic mass is 9.64. The van der Waals surface area contributed by atoms with Gasteiger partial charge in [-0.3, -0.25) is 4.79 Å². The Kier molecular flexibility index (Phi) is 9.49. The predicted octanol–water partition coefficient (Wildman–Crippen LogP) is 4.14.